The molecule has 0 radical (unpaired) electrons. The Morgan fingerprint density at radius 2 is 2.12 bits per heavy atom. The van der Waals surface area contributed by atoms with Crippen LogP contribution in [0.3, 0.4) is 0 Å². The van der Waals surface area contributed by atoms with Crippen LogP contribution in [-0.4, -0.2) is 34.2 Å². The molecule has 3 rings (SSSR count). The highest BCUT2D eigenvalue weighted by molar-refractivity contribution is 5.55. The predicted molar refractivity (Wildman–Crippen MR) is 86.4 cm³/mol. The summed E-state index contributed by atoms with van der Waals surface area (Å²) in [5, 5.41) is 3.82. The SMILES string of the molecule is CC1(C)CN(Cc2nc(-c3cccc(C(F)(F)F)c3)no2)CCC1N. The minimum Gasteiger partial charge on any atom is -0.338 e. The Kier molecular flexibility index (Phi) is 4.59. The Morgan fingerprint density at radius 3 is 2.80 bits per heavy atom. The smallest absolute Gasteiger partial charge is 0.338 e. The van der Waals surface area contributed by atoms with Crippen molar-refractivity contribution in [3.05, 3.63) is 35.7 Å². The molecule has 2 N–H and O–H groups in total. The van der Waals surface area contributed by atoms with Crippen molar-refractivity contribution in [1.29, 1.82) is 0 Å². The van der Waals surface area contributed by atoms with E-state index in [0.717, 1.165) is 31.6 Å². The van der Waals surface area contributed by atoms with Gasteiger partial charge in [-0.2, -0.15) is 18.2 Å². The summed E-state index contributed by atoms with van der Waals surface area (Å²) in [7, 11) is 0. The Morgan fingerprint density at radius 1 is 1.36 bits per heavy atom. The molecule has 2 aromatic rings. The summed E-state index contributed by atoms with van der Waals surface area (Å²) in [6, 6.07) is 5.06. The zero-order valence-corrected chi connectivity index (χ0v) is 14.2. The summed E-state index contributed by atoms with van der Waals surface area (Å²) >= 11 is 0. The molecule has 1 saturated heterocycles. The van der Waals surface area contributed by atoms with E-state index in [2.05, 4.69) is 28.9 Å². The molecule has 8 heteroatoms. The normalized spacial score (nSPS) is 21.4. The molecule has 1 aromatic heterocycles. The van der Waals surface area contributed by atoms with Crippen molar-refractivity contribution >= 4 is 0 Å². The maximum absolute atomic E-state index is 12.8. The average Bonchev–Trinajstić information content (AvgIpc) is 2.98. The largest absolute Gasteiger partial charge is 0.416 e. The van der Waals surface area contributed by atoms with Crippen molar-refractivity contribution < 1.29 is 17.7 Å². The predicted octanol–water partition coefficient (Wildman–Crippen LogP) is 3.31. The molecule has 0 saturated carbocycles. The molecule has 0 spiro atoms. The van der Waals surface area contributed by atoms with E-state index in [9.17, 15) is 13.2 Å². The van der Waals surface area contributed by atoms with Crippen LogP contribution in [0.25, 0.3) is 11.4 Å². The maximum atomic E-state index is 12.8. The minimum absolute atomic E-state index is 0.0118. The number of benzene rings is 1. The van der Waals surface area contributed by atoms with Crippen LogP contribution in [0.1, 0.15) is 31.7 Å². The van der Waals surface area contributed by atoms with Gasteiger partial charge in [0.05, 0.1) is 12.1 Å². The number of nitrogens with zero attached hydrogens (tertiary/aromatic N) is 3. The number of hydrogen-bond donors (Lipinski definition) is 1. The molecule has 0 bridgehead atoms. The van der Waals surface area contributed by atoms with E-state index in [4.69, 9.17) is 10.3 Å². The monoisotopic (exact) mass is 354 g/mol. The van der Waals surface area contributed by atoms with Crippen LogP contribution in [0.4, 0.5) is 13.2 Å². The number of halogens is 3. The van der Waals surface area contributed by atoms with E-state index in [0.29, 0.717) is 12.4 Å². The van der Waals surface area contributed by atoms with E-state index in [1.807, 2.05) is 0 Å². The fraction of sp³-hybridized carbons (Fsp3) is 0.529. The van der Waals surface area contributed by atoms with Crippen LogP contribution in [0, 0.1) is 5.41 Å². The third kappa shape index (κ3) is 4.01. The van der Waals surface area contributed by atoms with Crippen LogP contribution < -0.4 is 5.73 Å². The number of alkyl halides is 3. The number of rotatable bonds is 3. The summed E-state index contributed by atoms with van der Waals surface area (Å²) in [6.45, 7) is 6.32. The van der Waals surface area contributed by atoms with Crippen molar-refractivity contribution in [3.8, 4) is 11.4 Å². The van der Waals surface area contributed by atoms with Gasteiger partial charge in [0.2, 0.25) is 11.7 Å². The van der Waals surface area contributed by atoms with E-state index < -0.39 is 11.7 Å². The van der Waals surface area contributed by atoms with Gasteiger partial charge in [-0.05, 0) is 24.0 Å². The first-order chi connectivity index (χ1) is 11.6. The Balaban J connectivity index is 1.73. The molecule has 1 aromatic carbocycles. The number of hydrogen-bond acceptors (Lipinski definition) is 5. The molecular formula is C17H21F3N4O. The van der Waals surface area contributed by atoms with Crippen LogP contribution >= 0.6 is 0 Å². The first-order valence-corrected chi connectivity index (χ1v) is 8.13. The van der Waals surface area contributed by atoms with Crippen molar-refractivity contribution in [2.24, 2.45) is 11.1 Å². The maximum Gasteiger partial charge on any atom is 0.416 e. The molecule has 136 valence electrons. The lowest BCUT2D eigenvalue weighted by Crippen LogP contribution is -2.52. The highest BCUT2D eigenvalue weighted by atomic mass is 19.4. The van der Waals surface area contributed by atoms with Crippen LogP contribution in [0.2, 0.25) is 0 Å². The molecule has 1 fully saturated rings. The number of likely N-dealkylation sites (tertiary alicyclic amines) is 1. The van der Waals surface area contributed by atoms with Crippen molar-refractivity contribution in [1.82, 2.24) is 15.0 Å². The molecule has 1 unspecified atom stereocenters. The highest BCUT2D eigenvalue weighted by Crippen LogP contribution is 2.32. The van der Waals surface area contributed by atoms with E-state index in [1.165, 1.54) is 12.1 Å². The standard InChI is InChI=1S/C17H21F3N4O/c1-16(2)10-24(7-6-13(16)21)9-14-22-15(23-25-14)11-4-3-5-12(8-11)17(18,19)20/h3-5,8,13H,6-7,9-10,21H2,1-2H3. The Labute approximate surface area is 144 Å². The van der Waals surface area contributed by atoms with Gasteiger partial charge in [-0.3, -0.25) is 4.90 Å². The van der Waals surface area contributed by atoms with Crippen molar-refractivity contribution in [2.45, 2.75) is 39.0 Å². The molecule has 0 aliphatic carbocycles. The molecule has 1 aliphatic rings. The lowest BCUT2D eigenvalue weighted by molar-refractivity contribution is -0.137. The van der Waals surface area contributed by atoms with E-state index in [1.54, 1.807) is 0 Å². The Hall–Kier alpha value is -1.93. The van der Waals surface area contributed by atoms with Gasteiger partial charge in [0.15, 0.2) is 0 Å². The Bertz CT molecular complexity index is 741. The quantitative estimate of drug-likeness (QED) is 0.916. The summed E-state index contributed by atoms with van der Waals surface area (Å²) in [6.07, 6.45) is -3.53. The third-order valence-electron chi connectivity index (χ3n) is 4.67. The summed E-state index contributed by atoms with van der Waals surface area (Å²) in [4.78, 5) is 6.42. The molecule has 0 amide bonds. The van der Waals surface area contributed by atoms with Gasteiger partial charge in [-0.1, -0.05) is 31.1 Å². The molecule has 1 atom stereocenters. The first kappa shape index (κ1) is 17.9. The van der Waals surface area contributed by atoms with Gasteiger partial charge in [-0.25, -0.2) is 0 Å². The van der Waals surface area contributed by atoms with Gasteiger partial charge >= 0.3 is 6.18 Å². The number of piperidine rings is 1. The first-order valence-electron chi connectivity index (χ1n) is 8.13. The van der Waals surface area contributed by atoms with Gasteiger partial charge in [0.25, 0.3) is 0 Å². The zero-order valence-electron chi connectivity index (χ0n) is 14.2. The second-order valence-electron chi connectivity index (χ2n) is 7.18. The topological polar surface area (TPSA) is 68.2 Å². The molecule has 2 heterocycles. The number of nitrogens with two attached hydrogens (primary N) is 1. The highest BCUT2D eigenvalue weighted by Gasteiger charge is 2.34. The van der Waals surface area contributed by atoms with Gasteiger partial charge in [-0.15, -0.1) is 0 Å². The zero-order chi connectivity index (χ0) is 18.2. The van der Waals surface area contributed by atoms with Crippen LogP contribution in [-0.2, 0) is 12.7 Å². The fourth-order valence-electron chi connectivity index (χ4n) is 3.08. The number of aromatic nitrogens is 2. The van der Waals surface area contributed by atoms with Crippen molar-refractivity contribution in [2.75, 3.05) is 13.1 Å². The third-order valence-corrected chi connectivity index (χ3v) is 4.67. The van der Waals surface area contributed by atoms with Gasteiger partial charge in [0.1, 0.15) is 0 Å². The van der Waals surface area contributed by atoms with Crippen LogP contribution in [0.15, 0.2) is 28.8 Å². The average molecular weight is 354 g/mol. The lowest BCUT2D eigenvalue weighted by atomic mass is 9.80. The summed E-state index contributed by atoms with van der Waals surface area (Å²) < 4.78 is 43.7. The molecule has 25 heavy (non-hydrogen) atoms. The second kappa shape index (κ2) is 6.42. The van der Waals surface area contributed by atoms with Gasteiger partial charge in [0, 0.05) is 24.7 Å². The summed E-state index contributed by atoms with van der Waals surface area (Å²) in [5.41, 5.74) is 5.67. The van der Waals surface area contributed by atoms with Gasteiger partial charge < -0.3 is 10.3 Å². The van der Waals surface area contributed by atoms with Crippen LogP contribution in [0.5, 0.6) is 0 Å². The molecule has 5 nitrogen and oxygen atoms in total. The molecule has 1 aliphatic heterocycles. The van der Waals surface area contributed by atoms with E-state index in [-0.39, 0.29) is 22.8 Å². The second-order valence-corrected chi connectivity index (χ2v) is 7.18. The minimum atomic E-state index is -4.40. The fourth-order valence-corrected chi connectivity index (χ4v) is 3.08. The molecular weight excluding hydrogens is 333 g/mol. The lowest BCUT2D eigenvalue weighted by Gasteiger charge is -2.42. The summed E-state index contributed by atoms with van der Waals surface area (Å²) in [5.74, 6) is 0.549. The van der Waals surface area contributed by atoms with Crippen molar-refractivity contribution in [3.63, 3.8) is 0 Å². The van der Waals surface area contributed by atoms with E-state index >= 15 is 0 Å².